The Morgan fingerprint density at radius 2 is 1.77 bits per heavy atom. The van der Waals surface area contributed by atoms with E-state index in [-0.39, 0.29) is 17.8 Å². The summed E-state index contributed by atoms with van der Waals surface area (Å²) in [6, 6.07) is 16.9. The molecule has 1 saturated heterocycles. The third-order valence-corrected chi connectivity index (χ3v) is 6.78. The van der Waals surface area contributed by atoms with Gasteiger partial charge in [0.1, 0.15) is 0 Å². The summed E-state index contributed by atoms with van der Waals surface area (Å²) >= 11 is 0. The Morgan fingerprint density at radius 1 is 1.00 bits per heavy atom. The van der Waals surface area contributed by atoms with Gasteiger partial charge in [-0.2, -0.15) is 13.2 Å². The number of amides is 1. The lowest BCUT2D eigenvalue weighted by molar-refractivity contribution is -0.138. The van der Waals surface area contributed by atoms with Crippen LogP contribution in [0, 0.1) is 18.8 Å². The molecule has 2 N–H and O–H groups in total. The maximum Gasteiger partial charge on any atom is 0.416 e. The second-order valence-corrected chi connectivity index (χ2v) is 9.54. The summed E-state index contributed by atoms with van der Waals surface area (Å²) in [5.41, 5.74) is 2.15. The highest BCUT2D eigenvalue weighted by atomic mass is 19.4. The largest absolute Gasteiger partial charge is 0.416 e. The Kier molecular flexibility index (Phi) is 7.64. The van der Waals surface area contributed by atoms with Crippen molar-refractivity contribution in [3.05, 3.63) is 106 Å². The molecule has 0 radical (unpaired) electrons. The molecule has 39 heavy (non-hydrogen) atoms. The summed E-state index contributed by atoms with van der Waals surface area (Å²) in [6.45, 7) is 4.96. The van der Waals surface area contributed by atoms with Gasteiger partial charge in [0.05, 0.1) is 11.1 Å². The van der Waals surface area contributed by atoms with E-state index in [0.29, 0.717) is 24.2 Å². The molecule has 1 amide bonds. The quantitative estimate of drug-likeness (QED) is 0.338. The molecule has 5 rings (SSSR count). The molecule has 0 atom stereocenters. The first-order chi connectivity index (χ1) is 18.8. The Morgan fingerprint density at radius 3 is 2.56 bits per heavy atom. The maximum atomic E-state index is 13.9. The number of halogens is 3. The van der Waals surface area contributed by atoms with Gasteiger partial charge in [-0.05, 0) is 42.3 Å². The van der Waals surface area contributed by atoms with Gasteiger partial charge >= 0.3 is 6.18 Å². The molecule has 4 aromatic rings. The summed E-state index contributed by atoms with van der Waals surface area (Å²) in [4.78, 5) is 19.3. The topological polar surface area (TPSA) is 57.3 Å². The first-order valence-corrected chi connectivity index (χ1v) is 12.7. The van der Waals surface area contributed by atoms with E-state index >= 15 is 0 Å². The zero-order chi connectivity index (χ0) is 27.4. The molecule has 0 aliphatic carbocycles. The van der Waals surface area contributed by atoms with Gasteiger partial charge in [0, 0.05) is 72.7 Å². The van der Waals surface area contributed by atoms with Gasteiger partial charge in [0.2, 0.25) is 0 Å². The first-order valence-electron chi connectivity index (χ1n) is 12.7. The van der Waals surface area contributed by atoms with E-state index in [1.807, 2.05) is 36.1 Å². The molecule has 1 aliphatic heterocycles. The van der Waals surface area contributed by atoms with Crippen LogP contribution in [0.15, 0.2) is 73.1 Å². The number of anilines is 1. The minimum absolute atomic E-state index is 0.0893. The van der Waals surface area contributed by atoms with Crippen molar-refractivity contribution in [3.8, 4) is 11.8 Å². The molecule has 0 bridgehead atoms. The van der Waals surface area contributed by atoms with Gasteiger partial charge in [-0.25, -0.2) is 0 Å². The molecule has 0 saturated carbocycles. The number of piperazine rings is 1. The highest BCUT2D eigenvalue weighted by Crippen LogP contribution is 2.34. The number of nitrogens with one attached hydrogen (secondary N) is 2. The van der Waals surface area contributed by atoms with Crippen LogP contribution in [-0.4, -0.2) is 42.0 Å². The van der Waals surface area contributed by atoms with E-state index in [0.717, 1.165) is 41.1 Å². The van der Waals surface area contributed by atoms with E-state index in [4.69, 9.17) is 0 Å². The number of aromatic nitrogens is 1. The fourth-order valence-electron chi connectivity index (χ4n) is 4.62. The summed E-state index contributed by atoms with van der Waals surface area (Å²) < 4.78 is 41.7. The van der Waals surface area contributed by atoms with Crippen LogP contribution in [0.5, 0.6) is 0 Å². The molecule has 1 fully saturated rings. The van der Waals surface area contributed by atoms with Crippen molar-refractivity contribution in [1.29, 1.82) is 0 Å². The van der Waals surface area contributed by atoms with Crippen LogP contribution in [0.4, 0.5) is 18.9 Å². The van der Waals surface area contributed by atoms with E-state index in [1.165, 1.54) is 12.1 Å². The third kappa shape index (κ3) is 6.28. The highest BCUT2D eigenvalue weighted by Gasteiger charge is 2.34. The number of pyridine rings is 1. The molecule has 3 aromatic carbocycles. The van der Waals surface area contributed by atoms with Crippen LogP contribution in [0.2, 0.25) is 0 Å². The highest BCUT2D eigenvalue weighted by molar-refractivity contribution is 6.04. The van der Waals surface area contributed by atoms with Gasteiger partial charge in [-0.3, -0.25) is 14.7 Å². The summed E-state index contributed by atoms with van der Waals surface area (Å²) in [5.74, 6) is 5.77. The molecular formula is C31H27F3N4O. The molecule has 0 unspecified atom stereocenters. The van der Waals surface area contributed by atoms with Gasteiger partial charge in [-0.15, -0.1) is 0 Å². The predicted octanol–water partition coefficient (Wildman–Crippen LogP) is 5.62. The minimum Gasteiger partial charge on any atom is -0.322 e. The van der Waals surface area contributed by atoms with Gasteiger partial charge in [-0.1, -0.05) is 48.2 Å². The number of benzene rings is 3. The lowest BCUT2D eigenvalue weighted by Gasteiger charge is -2.28. The smallest absolute Gasteiger partial charge is 0.322 e. The SMILES string of the molecule is Cc1ccc(C(=O)Nc2ccc(CN3CCNCC3)c(C(F)(F)F)c2)cc1C#Cc1cncc2ccccc12. The lowest BCUT2D eigenvalue weighted by Crippen LogP contribution is -2.43. The standard InChI is InChI=1S/C31H27F3N4O/c1-21-6-7-23(16-22(21)8-9-25-19-36-18-24-4-2-3-5-28(24)25)30(39)37-27-11-10-26(29(17-27)31(32,33)34)20-38-14-12-35-13-15-38/h2-7,10-11,16-19,35H,12-15,20H2,1H3,(H,37,39). The van der Waals surface area contributed by atoms with Gasteiger partial charge in [0.25, 0.3) is 5.91 Å². The van der Waals surface area contributed by atoms with Crippen molar-refractivity contribution in [3.63, 3.8) is 0 Å². The van der Waals surface area contributed by atoms with Gasteiger partial charge < -0.3 is 10.6 Å². The molecule has 2 heterocycles. The van der Waals surface area contributed by atoms with E-state index < -0.39 is 17.6 Å². The van der Waals surface area contributed by atoms with Crippen molar-refractivity contribution in [2.75, 3.05) is 31.5 Å². The van der Waals surface area contributed by atoms with Crippen LogP contribution >= 0.6 is 0 Å². The van der Waals surface area contributed by atoms with Crippen LogP contribution in [0.25, 0.3) is 10.8 Å². The Labute approximate surface area is 225 Å². The molecular weight excluding hydrogens is 501 g/mol. The van der Waals surface area contributed by atoms with E-state index in [2.05, 4.69) is 27.5 Å². The van der Waals surface area contributed by atoms with Crippen molar-refractivity contribution in [1.82, 2.24) is 15.2 Å². The average Bonchev–Trinajstić information content (AvgIpc) is 2.93. The molecule has 8 heteroatoms. The number of carbonyl (C=O) groups excluding carboxylic acids is 1. The molecule has 5 nitrogen and oxygen atoms in total. The summed E-state index contributed by atoms with van der Waals surface area (Å²) in [5, 5.41) is 7.78. The van der Waals surface area contributed by atoms with Crippen molar-refractivity contribution < 1.29 is 18.0 Å². The monoisotopic (exact) mass is 528 g/mol. The average molecular weight is 529 g/mol. The number of aryl methyl sites for hydroxylation is 1. The zero-order valence-electron chi connectivity index (χ0n) is 21.4. The molecule has 198 valence electrons. The third-order valence-electron chi connectivity index (χ3n) is 6.78. The lowest BCUT2D eigenvalue weighted by atomic mass is 10.0. The van der Waals surface area contributed by atoms with Crippen molar-refractivity contribution in [2.45, 2.75) is 19.6 Å². The number of hydrogen-bond acceptors (Lipinski definition) is 4. The van der Waals surface area contributed by atoms with Crippen LogP contribution < -0.4 is 10.6 Å². The number of alkyl halides is 3. The normalized spacial score (nSPS) is 14.1. The molecule has 0 spiro atoms. The predicted molar refractivity (Wildman–Crippen MR) is 146 cm³/mol. The zero-order valence-corrected chi connectivity index (χ0v) is 21.4. The van der Waals surface area contributed by atoms with Crippen molar-refractivity contribution >= 4 is 22.4 Å². The Balaban J connectivity index is 1.37. The van der Waals surface area contributed by atoms with E-state index in [1.54, 1.807) is 30.6 Å². The number of carbonyl (C=O) groups is 1. The fourth-order valence-corrected chi connectivity index (χ4v) is 4.62. The maximum absolute atomic E-state index is 13.9. The van der Waals surface area contributed by atoms with Gasteiger partial charge in [0.15, 0.2) is 0 Å². The van der Waals surface area contributed by atoms with E-state index in [9.17, 15) is 18.0 Å². The number of fused-ring (bicyclic) bond motifs is 1. The number of nitrogens with zero attached hydrogens (tertiary/aromatic N) is 2. The molecule has 1 aliphatic rings. The first kappa shape index (κ1) is 26.4. The number of rotatable bonds is 4. The summed E-state index contributed by atoms with van der Waals surface area (Å²) in [7, 11) is 0. The summed E-state index contributed by atoms with van der Waals surface area (Å²) in [6.07, 6.45) is -1.06. The number of hydrogen-bond donors (Lipinski definition) is 2. The second-order valence-electron chi connectivity index (χ2n) is 9.54. The minimum atomic E-state index is -4.53. The molecule has 1 aromatic heterocycles. The van der Waals surface area contributed by atoms with Crippen LogP contribution in [-0.2, 0) is 12.7 Å². The van der Waals surface area contributed by atoms with Crippen LogP contribution in [0.1, 0.15) is 38.2 Å². The van der Waals surface area contributed by atoms with Crippen LogP contribution in [0.3, 0.4) is 0 Å². The second kappa shape index (κ2) is 11.3. The Bertz CT molecular complexity index is 1580. The Hall–Kier alpha value is -4.19. The van der Waals surface area contributed by atoms with Crippen molar-refractivity contribution in [2.24, 2.45) is 0 Å². The fraction of sp³-hybridized carbons (Fsp3) is 0.226.